The summed E-state index contributed by atoms with van der Waals surface area (Å²) >= 11 is 0. The maximum absolute atomic E-state index is 13.3. The Morgan fingerprint density at radius 1 is 0.706 bits per heavy atom. The van der Waals surface area contributed by atoms with E-state index in [2.05, 4.69) is 17.4 Å². The lowest BCUT2D eigenvalue weighted by Crippen LogP contribution is -2.40. The summed E-state index contributed by atoms with van der Waals surface area (Å²) in [7, 11) is 0. The van der Waals surface area contributed by atoms with Gasteiger partial charge < -0.3 is 20.4 Å². The van der Waals surface area contributed by atoms with Crippen LogP contribution in [0.4, 0.5) is 5.69 Å². The third kappa shape index (κ3) is 9.11. The van der Waals surface area contributed by atoms with Gasteiger partial charge in [-0.2, -0.15) is 0 Å². The number of phenols is 1. The first-order chi connectivity index (χ1) is 24.9. The number of phenolic OH excluding ortho intramolecular Hbond substituents is 1. The van der Waals surface area contributed by atoms with Gasteiger partial charge in [-0.3, -0.25) is 9.59 Å². The van der Waals surface area contributed by atoms with Crippen molar-refractivity contribution in [3.63, 3.8) is 0 Å². The molecule has 7 nitrogen and oxygen atoms in total. The highest BCUT2D eigenvalue weighted by molar-refractivity contribution is 6.31. The third-order valence-corrected chi connectivity index (χ3v) is 9.93. The molecule has 0 aliphatic heterocycles. The highest BCUT2D eigenvalue weighted by Crippen LogP contribution is 2.41. The standard InChI is InChI=1S/C44H44N2O5/c47-41(45-37-27-38(33-15-7-2-8-16-33)42(48)39(28-37)34-17-9-3-10-18-34)26-23-31-21-24-36(25-22-31)40(35-19-11-4-12-20-35)30-46(43(49)44(50)51)29-32-13-5-1-6-14-32/h1-3,5-10,13-18,21-22,24-25,27-28,35,40,48H,4,11-12,19-20,23,26,29-30H2,(H,45,47)(H,50,51). The molecule has 1 atom stereocenters. The Kier molecular flexibility index (Phi) is 11.6. The average Bonchev–Trinajstić information content (AvgIpc) is 3.17. The number of nitrogens with zero attached hydrogens (tertiary/aromatic N) is 1. The van der Waals surface area contributed by atoms with E-state index in [4.69, 9.17) is 0 Å². The van der Waals surface area contributed by atoms with Crippen LogP contribution in [0.25, 0.3) is 22.3 Å². The molecule has 0 bridgehead atoms. The van der Waals surface area contributed by atoms with Gasteiger partial charge in [0.15, 0.2) is 0 Å². The molecular weight excluding hydrogens is 636 g/mol. The minimum Gasteiger partial charge on any atom is -0.507 e. The van der Waals surface area contributed by atoms with Gasteiger partial charge in [0.25, 0.3) is 0 Å². The number of carboxylic acids is 1. The fourth-order valence-corrected chi connectivity index (χ4v) is 7.25. The van der Waals surface area contributed by atoms with Crippen molar-refractivity contribution in [3.05, 3.63) is 144 Å². The number of hydrogen-bond donors (Lipinski definition) is 3. The minimum absolute atomic E-state index is 0.00165. The number of anilines is 1. The highest BCUT2D eigenvalue weighted by Gasteiger charge is 2.31. The number of carbonyl (C=O) groups is 3. The van der Waals surface area contributed by atoms with Crippen LogP contribution in [0.3, 0.4) is 0 Å². The van der Waals surface area contributed by atoms with Crippen LogP contribution < -0.4 is 5.32 Å². The quantitative estimate of drug-likeness (QED) is 0.0901. The van der Waals surface area contributed by atoms with Crippen molar-refractivity contribution in [2.45, 2.75) is 57.4 Å². The summed E-state index contributed by atoms with van der Waals surface area (Å²) in [6, 6.07) is 40.6. The number of benzene rings is 5. The van der Waals surface area contributed by atoms with E-state index in [9.17, 15) is 24.6 Å². The smallest absolute Gasteiger partial charge is 0.394 e. The van der Waals surface area contributed by atoms with Crippen molar-refractivity contribution < 1.29 is 24.6 Å². The van der Waals surface area contributed by atoms with Crippen LogP contribution in [-0.2, 0) is 27.3 Å². The highest BCUT2D eigenvalue weighted by atomic mass is 16.4. The molecule has 7 heteroatoms. The lowest BCUT2D eigenvalue weighted by atomic mass is 9.76. The van der Waals surface area contributed by atoms with E-state index in [0.29, 0.717) is 35.7 Å². The summed E-state index contributed by atoms with van der Waals surface area (Å²) in [6.45, 7) is 0.568. The first kappa shape index (κ1) is 35.1. The second kappa shape index (κ2) is 16.8. The van der Waals surface area contributed by atoms with Gasteiger partial charge in [0.05, 0.1) is 0 Å². The Bertz CT molecular complexity index is 1860. The number of carboxylic acid groups (broad SMARTS) is 1. The predicted octanol–water partition coefficient (Wildman–Crippen LogP) is 9.07. The molecule has 0 radical (unpaired) electrons. The van der Waals surface area contributed by atoms with E-state index < -0.39 is 11.9 Å². The van der Waals surface area contributed by atoms with Gasteiger partial charge in [-0.05, 0) is 65.1 Å². The fraction of sp³-hybridized carbons (Fsp3) is 0.250. The molecule has 1 unspecified atom stereocenters. The van der Waals surface area contributed by atoms with Crippen LogP contribution in [0.1, 0.15) is 61.1 Å². The van der Waals surface area contributed by atoms with Crippen molar-refractivity contribution in [3.8, 4) is 28.0 Å². The maximum atomic E-state index is 13.3. The van der Waals surface area contributed by atoms with Gasteiger partial charge in [0.1, 0.15) is 5.75 Å². The molecule has 6 rings (SSSR count). The van der Waals surface area contributed by atoms with E-state index in [1.165, 1.54) is 11.3 Å². The van der Waals surface area contributed by atoms with Crippen LogP contribution in [0, 0.1) is 5.92 Å². The number of amides is 2. The van der Waals surface area contributed by atoms with Crippen molar-refractivity contribution in [1.29, 1.82) is 0 Å². The average molecular weight is 681 g/mol. The zero-order valence-corrected chi connectivity index (χ0v) is 28.7. The van der Waals surface area contributed by atoms with E-state index >= 15 is 0 Å². The second-order valence-corrected chi connectivity index (χ2v) is 13.4. The minimum atomic E-state index is -1.44. The van der Waals surface area contributed by atoms with E-state index in [1.54, 1.807) is 0 Å². The van der Waals surface area contributed by atoms with Crippen molar-refractivity contribution in [1.82, 2.24) is 4.90 Å². The van der Waals surface area contributed by atoms with E-state index in [0.717, 1.165) is 53.5 Å². The Balaban J connectivity index is 1.17. The van der Waals surface area contributed by atoms with E-state index in [1.807, 2.05) is 115 Å². The van der Waals surface area contributed by atoms with Gasteiger partial charge in [0, 0.05) is 42.2 Å². The Morgan fingerprint density at radius 3 is 1.80 bits per heavy atom. The molecule has 51 heavy (non-hydrogen) atoms. The molecule has 260 valence electrons. The first-order valence-corrected chi connectivity index (χ1v) is 17.8. The van der Waals surface area contributed by atoms with Crippen LogP contribution in [0.15, 0.2) is 127 Å². The number of aryl methyl sites for hydroxylation is 1. The van der Waals surface area contributed by atoms with Crippen molar-refractivity contribution in [2.75, 3.05) is 11.9 Å². The molecule has 2 amide bonds. The molecular formula is C44H44N2O5. The molecule has 1 aliphatic carbocycles. The van der Waals surface area contributed by atoms with Crippen molar-refractivity contribution >= 4 is 23.5 Å². The summed E-state index contributed by atoms with van der Waals surface area (Å²) in [4.78, 5) is 39.5. The summed E-state index contributed by atoms with van der Waals surface area (Å²) < 4.78 is 0. The van der Waals surface area contributed by atoms with Crippen molar-refractivity contribution in [2.24, 2.45) is 5.92 Å². The number of hydrogen-bond acceptors (Lipinski definition) is 4. The lowest BCUT2D eigenvalue weighted by molar-refractivity contribution is -0.156. The molecule has 0 aromatic heterocycles. The Hall–Kier alpha value is -5.69. The summed E-state index contributed by atoms with van der Waals surface area (Å²) in [5.74, 6) is -1.95. The van der Waals surface area contributed by atoms with Crippen LogP contribution in [-0.4, -0.2) is 39.4 Å². The SMILES string of the molecule is O=C(CCc1ccc(C(CN(Cc2ccccc2)C(=O)C(=O)O)C2CCCCC2)cc1)Nc1cc(-c2ccccc2)c(O)c(-c2ccccc2)c1. The van der Waals surface area contributed by atoms with Crippen LogP contribution >= 0.6 is 0 Å². The third-order valence-electron chi connectivity index (χ3n) is 9.93. The van der Waals surface area contributed by atoms with Gasteiger partial charge in [-0.15, -0.1) is 0 Å². The molecule has 1 fully saturated rings. The Labute approximate surface area is 299 Å². The number of aliphatic carboxylic acids is 1. The summed E-state index contributed by atoms with van der Waals surface area (Å²) in [6.07, 6.45) is 6.34. The monoisotopic (exact) mass is 680 g/mol. The number of rotatable bonds is 12. The number of nitrogens with one attached hydrogen (secondary N) is 1. The molecule has 1 aliphatic rings. The molecule has 5 aromatic rings. The molecule has 0 heterocycles. The lowest BCUT2D eigenvalue weighted by Gasteiger charge is -2.34. The Morgan fingerprint density at radius 2 is 1.25 bits per heavy atom. The van der Waals surface area contributed by atoms with Gasteiger partial charge in [-0.1, -0.05) is 135 Å². The predicted molar refractivity (Wildman–Crippen MR) is 201 cm³/mol. The van der Waals surface area contributed by atoms with Gasteiger partial charge in [0.2, 0.25) is 5.91 Å². The number of aromatic hydroxyl groups is 1. The van der Waals surface area contributed by atoms with Gasteiger partial charge in [-0.25, -0.2) is 4.79 Å². The van der Waals surface area contributed by atoms with E-state index in [-0.39, 0.29) is 30.5 Å². The molecule has 3 N–H and O–H groups in total. The van der Waals surface area contributed by atoms with Crippen LogP contribution in [0.5, 0.6) is 5.75 Å². The molecule has 1 saturated carbocycles. The largest absolute Gasteiger partial charge is 0.507 e. The summed E-state index contributed by atoms with van der Waals surface area (Å²) in [5, 5.41) is 24.0. The summed E-state index contributed by atoms with van der Waals surface area (Å²) in [5.41, 5.74) is 6.58. The van der Waals surface area contributed by atoms with Crippen LogP contribution in [0.2, 0.25) is 0 Å². The topological polar surface area (TPSA) is 107 Å². The molecule has 5 aromatic carbocycles. The number of carbonyl (C=O) groups excluding carboxylic acids is 2. The second-order valence-electron chi connectivity index (χ2n) is 13.4. The first-order valence-electron chi connectivity index (χ1n) is 17.8. The fourth-order valence-electron chi connectivity index (χ4n) is 7.25. The zero-order valence-electron chi connectivity index (χ0n) is 28.7. The normalized spacial score (nSPS) is 13.6. The maximum Gasteiger partial charge on any atom is 0.394 e. The molecule has 0 spiro atoms. The zero-order chi connectivity index (χ0) is 35.6. The molecule has 0 saturated heterocycles. The van der Waals surface area contributed by atoms with Gasteiger partial charge >= 0.3 is 11.9 Å².